The summed E-state index contributed by atoms with van der Waals surface area (Å²) in [7, 11) is 3.61. The van der Waals surface area contributed by atoms with Gasteiger partial charge in [-0.05, 0) is 25.8 Å². The monoisotopic (exact) mass is 279 g/mol. The fraction of sp³-hybridized carbons (Fsp3) is 0.714. The van der Waals surface area contributed by atoms with Gasteiger partial charge in [0.25, 0.3) is 0 Å². The van der Waals surface area contributed by atoms with Crippen LogP contribution in [0.2, 0.25) is 0 Å². The van der Waals surface area contributed by atoms with Crippen LogP contribution in [0.1, 0.15) is 19.8 Å². The van der Waals surface area contributed by atoms with Gasteiger partial charge in [0, 0.05) is 51.7 Å². The van der Waals surface area contributed by atoms with Gasteiger partial charge in [0.2, 0.25) is 0 Å². The van der Waals surface area contributed by atoms with E-state index in [0.29, 0.717) is 12.1 Å². The number of carbonyl (C=O) groups is 1. The van der Waals surface area contributed by atoms with E-state index in [2.05, 4.69) is 17.3 Å². The number of urea groups is 1. The number of aromatic nitrogens is 2. The first-order valence-corrected chi connectivity index (χ1v) is 7.26. The number of nitrogens with one attached hydrogen (secondary N) is 1. The van der Waals surface area contributed by atoms with Crippen molar-refractivity contribution in [3.05, 3.63) is 18.5 Å². The number of hydrogen-bond acceptors (Lipinski definition) is 3. The Morgan fingerprint density at radius 1 is 1.45 bits per heavy atom. The zero-order valence-corrected chi connectivity index (χ0v) is 12.6. The highest BCUT2D eigenvalue weighted by molar-refractivity contribution is 5.73. The number of rotatable bonds is 4. The molecule has 0 spiro atoms. The Hall–Kier alpha value is -1.56. The Bertz CT molecular complexity index is 409. The molecule has 2 amide bonds. The van der Waals surface area contributed by atoms with Crippen LogP contribution in [0.3, 0.4) is 0 Å². The van der Waals surface area contributed by atoms with Crippen molar-refractivity contribution in [1.82, 2.24) is 24.9 Å². The molecule has 0 radical (unpaired) electrons. The number of piperidine rings is 1. The first-order valence-electron chi connectivity index (χ1n) is 7.26. The summed E-state index contributed by atoms with van der Waals surface area (Å²) in [5.74, 6) is 0. The summed E-state index contributed by atoms with van der Waals surface area (Å²) >= 11 is 0. The van der Waals surface area contributed by atoms with Crippen molar-refractivity contribution >= 4 is 6.03 Å². The minimum absolute atomic E-state index is 0.119. The fourth-order valence-corrected chi connectivity index (χ4v) is 2.66. The second kappa shape index (κ2) is 6.74. The van der Waals surface area contributed by atoms with Crippen LogP contribution in [0.4, 0.5) is 4.79 Å². The van der Waals surface area contributed by atoms with E-state index in [1.54, 1.807) is 25.2 Å². The molecule has 0 aromatic carbocycles. The average Bonchev–Trinajstić information content (AvgIpc) is 2.91. The van der Waals surface area contributed by atoms with Crippen molar-refractivity contribution in [2.24, 2.45) is 0 Å². The van der Waals surface area contributed by atoms with Crippen LogP contribution in [0.15, 0.2) is 18.5 Å². The Morgan fingerprint density at radius 3 is 2.70 bits per heavy atom. The minimum Gasteiger partial charge on any atom is -0.331 e. The summed E-state index contributed by atoms with van der Waals surface area (Å²) in [6, 6.07) is 2.94. The second-order valence-corrected chi connectivity index (χ2v) is 5.73. The van der Waals surface area contributed by atoms with Crippen molar-refractivity contribution in [2.75, 3.05) is 27.2 Å². The lowest BCUT2D eigenvalue weighted by molar-refractivity contribution is 0.150. The van der Waals surface area contributed by atoms with Crippen LogP contribution in [-0.4, -0.2) is 64.9 Å². The van der Waals surface area contributed by atoms with E-state index < -0.39 is 0 Å². The third-order valence-corrected chi connectivity index (χ3v) is 3.69. The molecule has 112 valence electrons. The third-order valence-electron chi connectivity index (χ3n) is 3.69. The molecular weight excluding hydrogens is 254 g/mol. The van der Waals surface area contributed by atoms with Crippen LogP contribution in [-0.2, 0) is 6.54 Å². The summed E-state index contributed by atoms with van der Waals surface area (Å²) in [4.78, 5) is 15.4. The van der Waals surface area contributed by atoms with Crippen molar-refractivity contribution in [1.29, 1.82) is 0 Å². The molecule has 1 fully saturated rings. The zero-order chi connectivity index (χ0) is 14.5. The molecule has 6 heteroatoms. The average molecular weight is 279 g/mol. The number of nitrogens with zero attached hydrogens (tertiary/aromatic N) is 4. The predicted molar refractivity (Wildman–Crippen MR) is 78.5 cm³/mol. The topological polar surface area (TPSA) is 53.4 Å². The Kier molecular flexibility index (Phi) is 5.00. The molecular formula is C14H25N5O. The number of likely N-dealkylation sites (tertiary alicyclic amines) is 1. The molecule has 2 rings (SSSR count). The van der Waals surface area contributed by atoms with Gasteiger partial charge in [-0.25, -0.2) is 4.79 Å². The van der Waals surface area contributed by atoms with Crippen molar-refractivity contribution in [3.8, 4) is 0 Å². The van der Waals surface area contributed by atoms with E-state index in [-0.39, 0.29) is 6.03 Å². The van der Waals surface area contributed by atoms with E-state index >= 15 is 0 Å². The van der Waals surface area contributed by atoms with E-state index in [4.69, 9.17) is 0 Å². The van der Waals surface area contributed by atoms with Gasteiger partial charge in [0.15, 0.2) is 0 Å². The molecule has 1 atom stereocenters. The molecule has 1 unspecified atom stereocenters. The second-order valence-electron chi connectivity index (χ2n) is 5.73. The summed E-state index contributed by atoms with van der Waals surface area (Å²) < 4.78 is 1.95. The van der Waals surface area contributed by atoms with Gasteiger partial charge < -0.3 is 15.1 Å². The standard InChI is InChI=1S/C14H25N5O/c1-12(11-19-8-4-7-15-19)16-13-5-9-18(10-6-13)14(20)17(2)3/h4,7-8,12-13,16H,5-6,9-11H2,1-3H3. The Balaban J connectivity index is 1.72. The summed E-state index contributed by atoms with van der Waals surface area (Å²) in [6.07, 6.45) is 5.82. The maximum Gasteiger partial charge on any atom is 0.319 e. The largest absolute Gasteiger partial charge is 0.331 e. The molecule has 0 saturated carbocycles. The molecule has 1 aromatic heterocycles. The van der Waals surface area contributed by atoms with Crippen LogP contribution in [0.25, 0.3) is 0 Å². The summed E-state index contributed by atoms with van der Waals surface area (Å²) in [5.41, 5.74) is 0. The van der Waals surface area contributed by atoms with Gasteiger partial charge in [0.05, 0.1) is 6.54 Å². The molecule has 1 aliphatic heterocycles. The first kappa shape index (κ1) is 14.8. The van der Waals surface area contributed by atoms with E-state index in [9.17, 15) is 4.79 Å². The van der Waals surface area contributed by atoms with Crippen LogP contribution >= 0.6 is 0 Å². The van der Waals surface area contributed by atoms with Gasteiger partial charge in [-0.1, -0.05) is 0 Å². The van der Waals surface area contributed by atoms with E-state index in [1.165, 1.54) is 0 Å². The maximum atomic E-state index is 11.9. The highest BCUT2D eigenvalue weighted by Gasteiger charge is 2.24. The number of carbonyl (C=O) groups excluding carboxylic acids is 1. The normalized spacial score (nSPS) is 18.1. The highest BCUT2D eigenvalue weighted by atomic mass is 16.2. The summed E-state index contributed by atoms with van der Waals surface area (Å²) in [6.45, 7) is 4.73. The smallest absolute Gasteiger partial charge is 0.319 e. The molecule has 20 heavy (non-hydrogen) atoms. The van der Waals surface area contributed by atoms with Crippen molar-refractivity contribution in [2.45, 2.75) is 38.4 Å². The fourth-order valence-electron chi connectivity index (χ4n) is 2.66. The van der Waals surface area contributed by atoms with Gasteiger partial charge in [-0.3, -0.25) is 4.68 Å². The zero-order valence-electron chi connectivity index (χ0n) is 12.6. The molecule has 2 heterocycles. The lowest BCUT2D eigenvalue weighted by Gasteiger charge is -2.35. The Labute approximate surface area is 120 Å². The number of amides is 2. The predicted octanol–water partition coefficient (Wildman–Crippen LogP) is 1.01. The molecule has 6 nitrogen and oxygen atoms in total. The lowest BCUT2D eigenvalue weighted by Crippen LogP contribution is -2.50. The van der Waals surface area contributed by atoms with Crippen molar-refractivity contribution in [3.63, 3.8) is 0 Å². The minimum atomic E-state index is 0.119. The molecule has 1 aromatic rings. The highest BCUT2D eigenvalue weighted by Crippen LogP contribution is 2.12. The van der Waals surface area contributed by atoms with Crippen LogP contribution in [0, 0.1) is 0 Å². The molecule has 0 aliphatic carbocycles. The third kappa shape index (κ3) is 3.96. The van der Waals surface area contributed by atoms with Crippen LogP contribution in [0.5, 0.6) is 0 Å². The maximum absolute atomic E-state index is 11.9. The SMILES string of the molecule is CC(Cn1cccn1)NC1CCN(C(=O)N(C)C)CC1. The molecule has 1 aliphatic rings. The molecule has 1 saturated heterocycles. The summed E-state index contributed by atoms with van der Waals surface area (Å²) in [5, 5.41) is 7.86. The van der Waals surface area contributed by atoms with E-state index in [0.717, 1.165) is 32.5 Å². The quantitative estimate of drug-likeness (QED) is 0.895. The van der Waals surface area contributed by atoms with Gasteiger partial charge in [-0.15, -0.1) is 0 Å². The first-order chi connectivity index (χ1) is 9.56. The van der Waals surface area contributed by atoms with Gasteiger partial charge in [-0.2, -0.15) is 5.10 Å². The van der Waals surface area contributed by atoms with Crippen molar-refractivity contribution < 1.29 is 4.79 Å². The molecule has 1 N–H and O–H groups in total. The van der Waals surface area contributed by atoms with Gasteiger partial charge in [0.1, 0.15) is 0 Å². The number of hydrogen-bond donors (Lipinski definition) is 1. The Morgan fingerprint density at radius 2 is 2.15 bits per heavy atom. The molecule has 0 bridgehead atoms. The lowest BCUT2D eigenvalue weighted by atomic mass is 10.0. The van der Waals surface area contributed by atoms with E-state index in [1.807, 2.05) is 21.8 Å². The van der Waals surface area contributed by atoms with Gasteiger partial charge >= 0.3 is 6.03 Å². The van der Waals surface area contributed by atoms with Crippen LogP contribution < -0.4 is 5.32 Å².